The number of nitrogens with one attached hydrogen (secondary N) is 1. The topological polar surface area (TPSA) is 64.2 Å². The maximum absolute atomic E-state index is 11.9. The van der Waals surface area contributed by atoms with Crippen molar-refractivity contribution < 1.29 is 9.21 Å². The number of rotatable bonds is 6. The van der Waals surface area contributed by atoms with Crippen LogP contribution in [-0.2, 0) is 6.54 Å². The number of nitrogens with zero attached hydrogens (tertiary/aromatic N) is 1. The minimum Gasteiger partial charge on any atom is -0.408 e. The minimum atomic E-state index is -0.364. The molecule has 0 unspecified atom stereocenters. The summed E-state index contributed by atoms with van der Waals surface area (Å²) in [5.41, 5.74) is 1.81. The maximum atomic E-state index is 11.9. The summed E-state index contributed by atoms with van der Waals surface area (Å²) in [6.07, 6.45) is 1.29. The van der Waals surface area contributed by atoms with Gasteiger partial charge < -0.3 is 9.73 Å². The zero-order valence-electron chi connectivity index (χ0n) is 11.2. The number of fused-ring (bicyclic) bond motifs is 1. The van der Waals surface area contributed by atoms with Gasteiger partial charge in [-0.15, -0.1) is 0 Å². The van der Waals surface area contributed by atoms with E-state index in [9.17, 15) is 9.59 Å². The van der Waals surface area contributed by atoms with Gasteiger partial charge in [0.2, 0.25) is 0 Å². The average molecular weight is 262 g/mol. The second kappa shape index (κ2) is 5.84. The van der Waals surface area contributed by atoms with Crippen LogP contribution >= 0.6 is 0 Å². The predicted octanol–water partition coefficient (Wildman–Crippen LogP) is 1.80. The Morgan fingerprint density at radius 3 is 2.89 bits per heavy atom. The molecular formula is C14H18N2O3. The molecule has 0 spiro atoms. The number of oxazole rings is 1. The van der Waals surface area contributed by atoms with Crippen LogP contribution in [0.5, 0.6) is 0 Å². The molecule has 5 nitrogen and oxygen atoms in total. The van der Waals surface area contributed by atoms with Crippen molar-refractivity contribution in [2.24, 2.45) is 0 Å². The summed E-state index contributed by atoms with van der Waals surface area (Å²) < 4.78 is 6.78. The smallest absolute Gasteiger partial charge is 0.408 e. The van der Waals surface area contributed by atoms with Crippen LogP contribution in [0.3, 0.4) is 0 Å². The van der Waals surface area contributed by atoms with Crippen molar-refractivity contribution in [3.63, 3.8) is 0 Å². The molecular weight excluding hydrogens is 244 g/mol. The van der Waals surface area contributed by atoms with Gasteiger partial charge in [0.05, 0.1) is 5.52 Å². The third-order valence-corrected chi connectivity index (χ3v) is 3.04. The van der Waals surface area contributed by atoms with Crippen molar-refractivity contribution in [3.05, 3.63) is 34.3 Å². The second-order valence-corrected chi connectivity index (χ2v) is 4.48. The van der Waals surface area contributed by atoms with Crippen LogP contribution < -0.4 is 11.1 Å². The summed E-state index contributed by atoms with van der Waals surface area (Å²) in [4.78, 5) is 23.6. The Labute approximate surface area is 111 Å². The van der Waals surface area contributed by atoms with Crippen molar-refractivity contribution in [2.75, 3.05) is 13.6 Å². The lowest BCUT2D eigenvalue weighted by Crippen LogP contribution is -2.13. The molecule has 1 aromatic carbocycles. The molecule has 0 fully saturated rings. The van der Waals surface area contributed by atoms with Gasteiger partial charge in [0.1, 0.15) is 0 Å². The fourth-order valence-corrected chi connectivity index (χ4v) is 2.06. The number of aryl methyl sites for hydroxylation is 1. The fourth-order valence-electron chi connectivity index (χ4n) is 2.06. The number of carbonyl (C=O) groups excluding carboxylic acids is 1. The number of benzene rings is 1. The molecule has 0 saturated carbocycles. The van der Waals surface area contributed by atoms with Gasteiger partial charge in [0.25, 0.3) is 0 Å². The van der Waals surface area contributed by atoms with E-state index in [1.807, 2.05) is 6.92 Å². The Kier molecular flexibility index (Phi) is 4.16. The number of ketones is 1. The standard InChI is InChI=1S/C14H18N2O3/c1-3-8-16-11-5-4-10(12(17)6-7-15-2)9-13(11)19-14(16)18/h4-5,9,15H,3,6-8H2,1-2H3. The first kappa shape index (κ1) is 13.5. The van der Waals surface area contributed by atoms with Crippen LogP contribution in [0, 0.1) is 0 Å². The van der Waals surface area contributed by atoms with E-state index in [-0.39, 0.29) is 11.5 Å². The van der Waals surface area contributed by atoms with Gasteiger partial charge in [-0.3, -0.25) is 9.36 Å². The molecule has 0 radical (unpaired) electrons. The third-order valence-electron chi connectivity index (χ3n) is 3.04. The summed E-state index contributed by atoms with van der Waals surface area (Å²) in [6.45, 7) is 3.26. The number of Topliss-reactive ketones (excluding diaryl/α,β-unsaturated/α-hetero) is 1. The van der Waals surface area contributed by atoms with E-state index >= 15 is 0 Å². The third kappa shape index (κ3) is 2.76. The van der Waals surface area contributed by atoms with Crippen LogP contribution in [0.4, 0.5) is 0 Å². The van der Waals surface area contributed by atoms with E-state index in [1.54, 1.807) is 29.8 Å². The molecule has 0 aliphatic rings. The molecule has 1 heterocycles. The van der Waals surface area contributed by atoms with E-state index < -0.39 is 0 Å². The van der Waals surface area contributed by atoms with Crippen LogP contribution in [0.25, 0.3) is 11.1 Å². The predicted molar refractivity (Wildman–Crippen MR) is 73.6 cm³/mol. The zero-order chi connectivity index (χ0) is 13.8. The SMILES string of the molecule is CCCn1c(=O)oc2cc(C(=O)CCNC)ccc21. The molecule has 1 aromatic heterocycles. The van der Waals surface area contributed by atoms with Gasteiger partial charge in [-0.25, -0.2) is 4.79 Å². The first-order valence-electron chi connectivity index (χ1n) is 6.48. The number of hydrogen-bond acceptors (Lipinski definition) is 4. The van der Waals surface area contributed by atoms with Gasteiger partial charge in [0.15, 0.2) is 11.4 Å². The van der Waals surface area contributed by atoms with Gasteiger partial charge in [-0.1, -0.05) is 6.92 Å². The van der Waals surface area contributed by atoms with E-state index in [0.717, 1.165) is 11.9 Å². The van der Waals surface area contributed by atoms with Gasteiger partial charge in [-0.2, -0.15) is 0 Å². The molecule has 2 aromatic rings. The molecule has 19 heavy (non-hydrogen) atoms. The molecule has 0 saturated heterocycles. The monoisotopic (exact) mass is 262 g/mol. The zero-order valence-corrected chi connectivity index (χ0v) is 11.2. The summed E-state index contributed by atoms with van der Waals surface area (Å²) in [5.74, 6) is -0.321. The Morgan fingerprint density at radius 2 is 2.21 bits per heavy atom. The lowest BCUT2D eigenvalue weighted by molar-refractivity contribution is 0.0983. The Balaban J connectivity index is 2.36. The first-order valence-corrected chi connectivity index (χ1v) is 6.48. The highest BCUT2D eigenvalue weighted by molar-refractivity contribution is 5.98. The van der Waals surface area contributed by atoms with E-state index in [2.05, 4.69) is 5.32 Å². The summed E-state index contributed by atoms with van der Waals surface area (Å²) in [6, 6.07) is 5.19. The van der Waals surface area contributed by atoms with E-state index in [4.69, 9.17) is 4.42 Å². The van der Waals surface area contributed by atoms with Crippen LogP contribution in [0.2, 0.25) is 0 Å². The second-order valence-electron chi connectivity index (χ2n) is 4.48. The molecule has 0 bridgehead atoms. The minimum absolute atomic E-state index is 0.0436. The van der Waals surface area contributed by atoms with Gasteiger partial charge in [-0.05, 0) is 31.7 Å². The highest BCUT2D eigenvalue weighted by Gasteiger charge is 2.12. The summed E-state index contributed by atoms with van der Waals surface area (Å²) in [5, 5.41) is 2.94. The number of carbonyl (C=O) groups is 1. The molecule has 2 rings (SSSR count). The molecule has 1 N–H and O–H groups in total. The van der Waals surface area contributed by atoms with Crippen LogP contribution in [0.15, 0.2) is 27.4 Å². The van der Waals surface area contributed by atoms with Gasteiger partial charge in [0, 0.05) is 25.1 Å². The number of aromatic nitrogens is 1. The summed E-state index contributed by atoms with van der Waals surface area (Å²) in [7, 11) is 1.81. The Morgan fingerprint density at radius 1 is 1.42 bits per heavy atom. The Hall–Kier alpha value is -1.88. The normalized spacial score (nSPS) is 11.1. The quantitative estimate of drug-likeness (QED) is 0.806. The van der Waals surface area contributed by atoms with Crippen molar-refractivity contribution in [3.8, 4) is 0 Å². The van der Waals surface area contributed by atoms with Crippen LogP contribution in [-0.4, -0.2) is 23.9 Å². The molecule has 0 aliphatic carbocycles. The van der Waals surface area contributed by atoms with Gasteiger partial charge >= 0.3 is 5.76 Å². The highest BCUT2D eigenvalue weighted by Crippen LogP contribution is 2.16. The summed E-state index contributed by atoms with van der Waals surface area (Å²) >= 11 is 0. The van der Waals surface area contributed by atoms with Crippen molar-refractivity contribution >= 4 is 16.9 Å². The fraction of sp³-hybridized carbons (Fsp3) is 0.429. The lowest BCUT2D eigenvalue weighted by Gasteiger charge is -2.01. The Bertz CT molecular complexity index is 640. The van der Waals surface area contributed by atoms with Crippen molar-refractivity contribution in [2.45, 2.75) is 26.3 Å². The first-order chi connectivity index (χ1) is 9.17. The molecule has 0 atom stereocenters. The molecule has 102 valence electrons. The average Bonchev–Trinajstić information content (AvgIpc) is 2.72. The van der Waals surface area contributed by atoms with Crippen LogP contribution in [0.1, 0.15) is 30.1 Å². The van der Waals surface area contributed by atoms with Crippen molar-refractivity contribution in [1.29, 1.82) is 0 Å². The number of hydrogen-bond donors (Lipinski definition) is 1. The highest BCUT2D eigenvalue weighted by atomic mass is 16.4. The molecule has 0 amide bonds. The van der Waals surface area contributed by atoms with E-state index in [1.165, 1.54) is 0 Å². The van der Waals surface area contributed by atoms with E-state index in [0.29, 0.717) is 30.7 Å². The maximum Gasteiger partial charge on any atom is 0.419 e. The van der Waals surface area contributed by atoms with Crippen molar-refractivity contribution in [1.82, 2.24) is 9.88 Å². The largest absolute Gasteiger partial charge is 0.419 e. The lowest BCUT2D eigenvalue weighted by atomic mass is 10.1. The molecule has 0 aliphatic heterocycles. The molecule has 5 heteroatoms.